The van der Waals surface area contributed by atoms with Gasteiger partial charge in [0.1, 0.15) is 6.61 Å². The lowest BCUT2D eigenvalue weighted by atomic mass is 9.98. The lowest BCUT2D eigenvalue weighted by Crippen LogP contribution is -2.42. The van der Waals surface area contributed by atoms with Gasteiger partial charge in [0.25, 0.3) is 0 Å². The van der Waals surface area contributed by atoms with E-state index in [0.717, 1.165) is 27.2 Å². The van der Waals surface area contributed by atoms with E-state index in [1.165, 1.54) is 0 Å². The van der Waals surface area contributed by atoms with Crippen LogP contribution >= 0.6 is 0 Å². The topological polar surface area (TPSA) is 84.9 Å². The van der Waals surface area contributed by atoms with Crippen LogP contribution in [0.4, 0.5) is 9.59 Å². The van der Waals surface area contributed by atoms with Crippen molar-refractivity contribution in [2.24, 2.45) is 0 Å². The Hall–Kier alpha value is -3.35. The molecule has 0 heterocycles. The van der Waals surface area contributed by atoms with Crippen molar-refractivity contribution in [1.29, 1.82) is 0 Å². The van der Waals surface area contributed by atoms with E-state index in [4.69, 9.17) is 9.47 Å². The Morgan fingerprint density at radius 2 is 1.53 bits per heavy atom. The van der Waals surface area contributed by atoms with Crippen LogP contribution in [0, 0.1) is 0 Å². The third-order valence-electron chi connectivity index (χ3n) is 5.04. The number of rotatable bonds is 7. The zero-order valence-corrected chi connectivity index (χ0v) is 17.2. The monoisotopic (exact) mass is 410 g/mol. The van der Waals surface area contributed by atoms with Gasteiger partial charge in [0.05, 0.1) is 6.61 Å². The number of nitrogens with zero attached hydrogens (tertiary/aromatic N) is 1. The zero-order valence-electron chi connectivity index (χ0n) is 17.2. The fourth-order valence-corrected chi connectivity index (χ4v) is 3.63. The summed E-state index contributed by atoms with van der Waals surface area (Å²) in [6, 6.07) is 16.2. The molecule has 7 heteroatoms. The number of carbonyl (C=O) groups is 3. The molecule has 1 aliphatic rings. The summed E-state index contributed by atoms with van der Waals surface area (Å²) >= 11 is 0. The molecule has 2 aromatic rings. The van der Waals surface area contributed by atoms with Crippen molar-refractivity contribution in [2.45, 2.75) is 26.2 Å². The number of alkyl carbamates (subject to hydrolysis) is 1. The van der Waals surface area contributed by atoms with Gasteiger partial charge in [0, 0.05) is 25.4 Å². The largest absolute Gasteiger partial charge is 0.449 e. The molecule has 158 valence electrons. The summed E-state index contributed by atoms with van der Waals surface area (Å²) in [7, 11) is 0. The van der Waals surface area contributed by atoms with Crippen molar-refractivity contribution in [3.63, 3.8) is 0 Å². The van der Waals surface area contributed by atoms with Gasteiger partial charge in [-0.2, -0.15) is 0 Å². The summed E-state index contributed by atoms with van der Waals surface area (Å²) in [5.74, 6) is -0.386. The van der Waals surface area contributed by atoms with Crippen LogP contribution in [-0.2, 0) is 14.3 Å². The summed E-state index contributed by atoms with van der Waals surface area (Å²) in [5.41, 5.74) is 4.58. The molecule has 0 aliphatic heterocycles. The second-order valence-electron chi connectivity index (χ2n) is 6.85. The summed E-state index contributed by atoms with van der Waals surface area (Å²) in [5, 5.41) is 2.60. The average Bonchev–Trinajstić information content (AvgIpc) is 3.08. The molecule has 3 rings (SSSR count). The fourth-order valence-electron chi connectivity index (χ4n) is 3.63. The Morgan fingerprint density at radius 1 is 0.933 bits per heavy atom. The second-order valence-corrected chi connectivity index (χ2v) is 6.85. The van der Waals surface area contributed by atoms with E-state index < -0.39 is 12.2 Å². The third kappa shape index (κ3) is 4.62. The van der Waals surface area contributed by atoms with Crippen LogP contribution < -0.4 is 5.32 Å². The van der Waals surface area contributed by atoms with Crippen LogP contribution in [0.2, 0.25) is 0 Å². The SMILES string of the molecule is CCOC(=O)N(CCNC(=O)OCC1c2ccccc2-c2ccccc21)C(=O)CC. The van der Waals surface area contributed by atoms with Gasteiger partial charge in [0.15, 0.2) is 0 Å². The van der Waals surface area contributed by atoms with Gasteiger partial charge in [-0.15, -0.1) is 0 Å². The summed E-state index contributed by atoms with van der Waals surface area (Å²) in [6.07, 6.45) is -1.13. The van der Waals surface area contributed by atoms with Crippen LogP contribution in [0.5, 0.6) is 0 Å². The van der Waals surface area contributed by atoms with E-state index in [0.29, 0.717) is 0 Å². The Bertz CT molecular complexity index is 882. The molecule has 2 aromatic carbocycles. The van der Waals surface area contributed by atoms with Crippen molar-refractivity contribution >= 4 is 18.1 Å². The van der Waals surface area contributed by atoms with Crippen molar-refractivity contribution in [1.82, 2.24) is 10.2 Å². The van der Waals surface area contributed by atoms with Gasteiger partial charge in [-0.1, -0.05) is 55.5 Å². The van der Waals surface area contributed by atoms with Gasteiger partial charge >= 0.3 is 12.2 Å². The minimum atomic E-state index is -0.710. The molecular formula is C23H26N2O5. The minimum Gasteiger partial charge on any atom is -0.449 e. The first-order valence-corrected chi connectivity index (χ1v) is 10.1. The molecule has 0 aromatic heterocycles. The zero-order chi connectivity index (χ0) is 21.5. The predicted molar refractivity (Wildman–Crippen MR) is 112 cm³/mol. The van der Waals surface area contributed by atoms with Crippen LogP contribution in [-0.4, -0.2) is 49.3 Å². The van der Waals surface area contributed by atoms with Crippen molar-refractivity contribution in [3.05, 3.63) is 59.7 Å². The summed E-state index contributed by atoms with van der Waals surface area (Å²) < 4.78 is 10.3. The Kier molecular flexibility index (Phi) is 7.06. The maximum absolute atomic E-state index is 12.2. The molecule has 1 aliphatic carbocycles. The first-order valence-electron chi connectivity index (χ1n) is 10.1. The maximum Gasteiger partial charge on any atom is 0.416 e. The second kappa shape index (κ2) is 9.91. The van der Waals surface area contributed by atoms with Crippen LogP contribution in [0.3, 0.4) is 0 Å². The molecule has 30 heavy (non-hydrogen) atoms. The molecule has 0 fully saturated rings. The van der Waals surface area contributed by atoms with E-state index in [1.807, 2.05) is 24.3 Å². The highest BCUT2D eigenvalue weighted by Crippen LogP contribution is 2.44. The van der Waals surface area contributed by atoms with Crippen molar-refractivity contribution in [2.75, 3.05) is 26.3 Å². The highest BCUT2D eigenvalue weighted by Gasteiger charge is 2.29. The van der Waals surface area contributed by atoms with E-state index in [2.05, 4.69) is 29.6 Å². The lowest BCUT2D eigenvalue weighted by molar-refractivity contribution is -0.129. The van der Waals surface area contributed by atoms with Crippen LogP contribution in [0.1, 0.15) is 37.3 Å². The molecule has 0 bridgehead atoms. The highest BCUT2D eigenvalue weighted by molar-refractivity contribution is 5.91. The molecule has 0 saturated carbocycles. The number of ether oxygens (including phenoxy) is 2. The van der Waals surface area contributed by atoms with Gasteiger partial charge < -0.3 is 14.8 Å². The van der Waals surface area contributed by atoms with E-state index in [-0.39, 0.29) is 44.5 Å². The first kappa shape index (κ1) is 21.4. The first-order chi connectivity index (χ1) is 14.6. The fraction of sp³-hybridized carbons (Fsp3) is 0.348. The molecule has 0 radical (unpaired) electrons. The van der Waals surface area contributed by atoms with Gasteiger partial charge in [0.2, 0.25) is 5.91 Å². The van der Waals surface area contributed by atoms with Gasteiger partial charge in [-0.3, -0.25) is 4.79 Å². The summed E-state index contributed by atoms with van der Waals surface area (Å²) in [6.45, 7) is 3.81. The molecular weight excluding hydrogens is 384 g/mol. The average molecular weight is 410 g/mol. The smallest absolute Gasteiger partial charge is 0.416 e. The molecule has 0 spiro atoms. The number of hydrogen-bond donors (Lipinski definition) is 1. The number of fused-ring (bicyclic) bond motifs is 3. The third-order valence-corrected chi connectivity index (χ3v) is 5.04. The molecule has 0 atom stereocenters. The van der Waals surface area contributed by atoms with E-state index in [9.17, 15) is 14.4 Å². The Labute approximate surface area is 176 Å². The predicted octanol–water partition coefficient (Wildman–Crippen LogP) is 3.92. The van der Waals surface area contributed by atoms with Gasteiger partial charge in [-0.05, 0) is 29.2 Å². The van der Waals surface area contributed by atoms with Crippen LogP contribution in [0.15, 0.2) is 48.5 Å². The number of hydrogen-bond acceptors (Lipinski definition) is 5. The summed E-state index contributed by atoms with van der Waals surface area (Å²) in [4.78, 5) is 37.0. The highest BCUT2D eigenvalue weighted by atomic mass is 16.6. The number of amides is 3. The van der Waals surface area contributed by atoms with E-state index >= 15 is 0 Å². The quantitative estimate of drug-likeness (QED) is 0.748. The lowest BCUT2D eigenvalue weighted by Gasteiger charge is -2.20. The van der Waals surface area contributed by atoms with Crippen molar-refractivity contribution < 1.29 is 23.9 Å². The Balaban J connectivity index is 1.55. The van der Waals surface area contributed by atoms with Gasteiger partial charge in [-0.25, -0.2) is 14.5 Å². The molecule has 0 saturated heterocycles. The molecule has 0 unspecified atom stereocenters. The number of benzene rings is 2. The number of carbonyl (C=O) groups excluding carboxylic acids is 3. The number of nitrogens with one attached hydrogen (secondary N) is 1. The van der Waals surface area contributed by atoms with Crippen LogP contribution in [0.25, 0.3) is 11.1 Å². The molecule has 1 N–H and O–H groups in total. The minimum absolute atomic E-state index is 0.0235. The molecule has 7 nitrogen and oxygen atoms in total. The number of imide groups is 1. The normalized spacial score (nSPS) is 11.9. The van der Waals surface area contributed by atoms with Crippen molar-refractivity contribution in [3.8, 4) is 11.1 Å². The Morgan fingerprint density at radius 3 is 2.10 bits per heavy atom. The standard InChI is InChI=1S/C23H26N2O5/c1-3-21(26)25(23(28)29-4-2)14-13-24-22(27)30-15-20-18-11-7-5-9-16(18)17-10-6-8-12-19(17)20/h5-12,20H,3-4,13-15H2,1-2H3,(H,24,27). The molecule has 3 amide bonds. The van der Waals surface area contributed by atoms with E-state index in [1.54, 1.807) is 13.8 Å². The maximum atomic E-state index is 12.2.